The van der Waals surface area contributed by atoms with Crippen LogP contribution in [0.4, 0.5) is 0 Å². The van der Waals surface area contributed by atoms with E-state index in [-0.39, 0.29) is 5.57 Å². The average Bonchev–Trinajstić information content (AvgIpc) is 2.38. The van der Waals surface area contributed by atoms with Gasteiger partial charge in [0.05, 0.1) is 0 Å². The van der Waals surface area contributed by atoms with Gasteiger partial charge < -0.3 is 14.8 Å². The molecule has 0 aliphatic carbocycles. The molecule has 5 heteroatoms. The van der Waals surface area contributed by atoms with Crippen LogP contribution in [0.5, 0.6) is 0 Å². The van der Waals surface area contributed by atoms with Gasteiger partial charge in [-0.2, -0.15) is 0 Å². The largest absolute Gasteiger partial charge is 0.419 e. The highest BCUT2D eigenvalue weighted by atomic mass is 16.7. The summed E-state index contributed by atoms with van der Waals surface area (Å²) in [5.41, 5.74) is 0.485. The molecule has 0 aromatic carbocycles. The smallest absolute Gasteiger partial charge is 0.350 e. The fourth-order valence-electron chi connectivity index (χ4n) is 1.46. The van der Waals surface area contributed by atoms with Gasteiger partial charge in [0.25, 0.3) is 5.79 Å². The van der Waals surface area contributed by atoms with Crippen molar-refractivity contribution in [2.75, 3.05) is 0 Å². The maximum absolute atomic E-state index is 11.8. The first kappa shape index (κ1) is 16.5. The molecule has 1 fully saturated rings. The molecule has 1 rings (SSSR count). The van der Waals surface area contributed by atoms with Crippen LogP contribution in [0.25, 0.3) is 0 Å². The molecule has 0 aromatic heterocycles. The van der Waals surface area contributed by atoms with Gasteiger partial charge >= 0.3 is 11.9 Å². The van der Waals surface area contributed by atoms with E-state index in [4.69, 9.17) is 9.47 Å². The summed E-state index contributed by atoms with van der Waals surface area (Å²) in [6.45, 7) is 8.45. The predicted molar refractivity (Wildman–Crippen MR) is 79.7 cm³/mol. The van der Waals surface area contributed by atoms with Crippen molar-refractivity contribution in [2.45, 2.75) is 26.6 Å². The molecule has 21 heavy (non-hydrogen) atoms. The van der Waals surface area contributed by atoms with Crippen LogP contribution in [0.15, 0.2) is 60.5 Å². The monoisotopic (exact) mass is 289 g/mol. The Morgan fingerprint density at radius 1 is 1.19 bits per heavy atom. The van der Waals surface area contributed by atoms with Crippen LogP contribution in [0.3, 0.4) is 0 Å². The fraction of sp³-hybridized carbons (Fsp3) is 0.250. The van der Waals surface area contributed by atoms with Gasteiger partial charge in [-0.05, 0) is 19.1 Å². The summed E-state index contributed by atoms with van der Waals surface area (Å²) >= 11 is 0. The second-order valence-corrected chi connectivity index (χ2v) is 4.62. The predicted octanol–water partition coefficient (Wildman–Crippen LogP) is 2.50. The highest BCUT2D eigenvalue weighted by Gasteiger charge is 2.38. The summed E-state index contributed by atoms with van der Waals surface area (Å²) in [6, 6.07) is 0. The zero-order valence-electron chi connectivity index (χ0n) is 12.4. The Balaban J connectivity index is 2.91. The van der Waals surface area contributed by atoms with E-state index in [1.807, 2.05) is 19.1 Å². The minimum Gasteiger partial charge on any atom is -0.419 e. The lowest BCUT2D eigenvalue weighted by atomic mass is 10.2. The van der Waals surface area contributed by atoms with E-state index < -0.39 is 17.7 Å². The Bertz CT molecular complexity index is 529. The van der Waals surface area contributed by atoms with E-state index >= 15 is 0 Å². The standard InChI is InChI=1S/C16H19NO4/c1-5-7-9-12(10-8-6-2)17-11-13-14(18)20-16(3,4)21-15(13)19/h5-11,17H,1H2,2-4H3/b8-6-,9-7-,12-10+. The Morgan fingerprint density at radius 3 is 2.33 bits per heavy atom. The van der Waals surface area contributed by atoms with Gasteiger partial charge in [-0.25, -0.2) is 9.59 Å². The van der Waals surface area contributed by atoms with E-state index in [1.54, 1.807) is 24.3 Å². The molecule has 1 aliphatic heterocycles. The lowest BCUT2D eigenvalue weighted by molar-refractivity contribution is -0.222. The molecule has 0 saturated carbocycles. The summed E-state index contributed by atoms with van der Waals surface area (Å²) in [5.74, 6) is -2.68. The van der Waals surface area contributed by atoms with E-state index in [0.717, 1.165) is 0 Å². The van der Waals surface area contributed by atoms with E-state index in [2.05, 4.69) is 11.9 Å². The van der Waals surface area contributed by atoms with Gasteiger partial charge in [0.15, 0.2) is 5.57 Å². The summed E-state index contributed by atoms with van der Waals surface area (Å²) < 4.78 is 9.99. The van der Waals surface area contributed by atoms with Gasteiger partial charge in [-0.15, -0.1) is 0 Å². The third kappa shape index (κ3) is 5.14. The number of esters is 2. The second-order valence-electron chi connectivity index (χ2n) is 4.62. The quantitative estimate of drug-likeness (QED) is 0.364. The van der Waals surface area contributed by atoms with Crippen molar-refractivity contribution in [1.82, 2.24) is 5.32 Å². The first-order chi connectivity index (χ1) is 9.89. The molecule has 112 valence electrons. The molecule has 1 saturated heterocycles. The van der Waals surface area contributed by atoms with Crippen LogP contribution in [-0.2, 0) is 19.1 Å². The Labute approximate surface area is 124 Å². The van der Waals surface area contributed by atoms with Gasteiger partial charge in [0, 0.05) is 25.7 Å². The normalized spacial score (nSPS) is 18.6. The molecule has 0 atom stereocenters. The third-order valence-corrected chi connectivity index (χ3v) is 2.38. The average molecular weight is 289 g/mol. The number of nitrogens with one attached hydrogen (secondary N) is 1. The Kier molecular flexibility index (Phi) is 5.72. The van der Waals surface area contributed by atoms with Crippen LogP contribution in [0, 0.1) is 0 Å². The number of rotatable bonds is 5. The lowest BCUT2D eigenvalue weighted by Gasteiger charge is -2.29. The Hall–Kier alpha value is -2.56. The van der Waals surface area contributed by atoms with Gasteiger partial charge in [0.2, 0.25) is 0 Å². The summed E-state index contributed by atoms with van der Waals surface area (Å²) in [4.78, 5) is 23.5. The van der Waals surface area contributed by atoms with Crippen molar-refractivity contribution in [2.24, 2.45) is 0 Å². The summed E-state index contributed by atoms with van der Waals surface area (Å²) in [5, 5.41) is 2.86. The molecule has 1 N–H and O–H groups in total. The maximum atomic E-state index is 11.8. The molecule has 0 unspecified atom stereocenters. The van der Waals surface area contributed by atoms with Crippen molar-refractivity contribution in [3.05, 3.63) is 60.5 Å². The van der Waals surface area contributed by atoms with E-state index in [1.165, 1.54) is 20.0 Å². The SMILES string of the molecule is C=C\C=C/C(=C\C=C/C)NC=C1C(=O)OC(C)(C)OC1=O. The van der Waals surface area contributed by atoms with Crippen LogP contribution in [0.2, 0.25) is 0 Å². The number of hydrogen-bond acceptors (Lipinski definition) is 5. The van der Waals surface area contributed by atoms with Crippen molar-refractivity contribution in [3.63, 3.8) is 0 Å². The molecular formula is C16H19NO4. The zero-order chi connectivity index (χ0) is 15.9. The van der Waals surface area contributed by atoms with Gasteiger partial charge in [0.1, 0.15) is 0 Å². The van der Waals surface area contributed by atoms with E-state index in [9.17, 15) is 9.59 Å². The van der Waals surface area contributed by atoms with Gasteiger partial charge in [-0.3, -0.25) is 0 Å². The molecule has 0 bridgehead atoms. The first-order valence-electron chi connectivity index (χ1n) is 6.45. The minimum absolute atomic E-state index is 0.187. The van der Waals surface area contributed by atoms with Crippen LogP contribution < -0.4 is 5.32 Å². The minimum atomic E-state index is -1.24. The number of carbonyl (C=O) groups excluding carboxylic acids is 2. The zero-order valence-corrected chi connectivity index (χ0v) is 12.4. The second kappa shape index (κ2) is 7.28. The van der Waals surface area contributed by atoms with Crippen LogP contribution in [0.1, 0.15) is 20.8 Å². The summed E-state index contributed by atoms with van der Waals surface area (Å²) in [7, 11) is 0. The van der Waals surface area contributed by atoms with E-state index in [0.29, 0.717) is 5.70 Å². The number of ether oxygens (including phenoxy) is 2. The Morgan fingerprint density at radius 2 is 1.81 bits per heavy atom. The van der Waals surface area contributed by atoms with Crippen LogP contribution >= 0.6 is 0 Å². The number of hydrogen-bond donors (Lipinski definition) is 1. The van der Waals surface area contributed by atoms with Crippen molar-refractivity contribution >= 4 is 11.9 Å². The fourth-order valence-corrected chi connectivity index (χ4v) is 1.46. The molecule has 1 heterocycles. The highest BCUT2D eigenvalue weighted by Crippen LogP contribution is 2.22. The number of carbonyl (C=O) groups is 2. The van der Waals surface area contributed by atoms with Crippen molar-refractivity contribution < 1.29 is 19.1 Å². The van der Waals surface area contributed by atoms with Crippen molar-refractivity contribution in [3.8, 4) is 0 Å². The molecule has 0 spiro atoms. The molecule has 1 aliphatic rings. The maximum Gasteiger partial charge on any atom is 0.350 e. The lowest BCUT2D eigenvalue weighted by Crippen LogP contribution is -2.42. The van der Waals surface area contributed by atoms with Crippen molar-refractivity contribution in [1.29, 1.82) is 0 Å². The van der Waals surface area contributed by atoms with Gasteiger partial charge in [-0.1, -0.05) is 30.9 Å². The molecule has 0 aromatic rings. The topological polar surface area (TPSA) is 64.6 Å². The molecular weight excluding hydrogens is 270 g/mol. The highest BCUT2D eigenvalue weighted by molar-refractivity contribution is 6.15. The third-order valence-electron chi connectivity index (χ3n) is 2.38. The molecule has 5 nitrogen and oxygen atoms in total. The number of allylic oxidation sites excluding steroid dienone is 6. The first-order valence-corrected chi connectivity index (χ1v) is 6.45. The molecule has 0 amide bonds. The molecule has 0 radical (unpaired) electrons. The number of cyclic esters (lactones) is 2. The van der Waals surface area contributed by atoms with Crippen LogP contribution in [-0.4, -0.2) is 17.7 Å². The summed E-state index contributed by atoms with van der Waals surface area (Å²) in [6.07, 6.45) is 11.8.